The third kappa shape index (κ3) is 4.54. The Hall–Kier alpha value is -2.47. The number of carbonyl (C=O) groups is 1. The second-order valence-corrected chi connectivity index (χ2v) is 4.45. The highest BCUT2D eigenvalue weighted by Crippen LogP contribution is 2.17. The van der Waals surface area contributed by atoms with Gasteiger partial charge in [-0.1, -0.05) is 12.1 Å². The zero-order valence-corrected chi connectivity index (χ0v) is 12.1. The van der Waals surface area contributed by atoms with Crippen molar-refractivity contribution in [2.45, 2.75) is 6.92 Å². The van der Waals surface area contributed by atoms with Crippen LogP contribution in [0.1, 0.15) is 17.3 Å². The van der Waals surface area contributed by atoms with Gasteiger partial charge in [0, 0.05) is 31.1 Å². The predicted molar refractivity (Wildman–Crippen MR) is 82.1 cm³/mol. The molecule has 0 saturated carbocycles. The molecule has 0 amide bonds. The van der Waals surface area contributed by atoms with E-state index in [1.807, 2.05) is 12.1 Å². The van der Waals surface area contributed by atoms with Crippen LogP contribution >= 0.6 is 0 Å². The fourth-order valence-electron chi connectivity index (χ4n) is 1.74. The molecule has 2 rings (SSSR count). The summed E-state index contributed by atoms with van der Waals surface area (Å²) in [6.45, 7) is 2.77. The predicted octanol–water partition coefficient (Wildman–Crippen LogP) is 2.48. The third-order valence-electron chi connectivity index (χ3n) is 2.79. The number of hydrogen-bond acceptors (Lipinski definition) is 6. The van der Waals surface area contributed by atoms with Crippen LogP contribution in [0.25, 0.3) is 0 Å². The molecule has 0 aliphatic rings. The van der Waals surface area contributed by atoms with Crippen LogP contribution in [0.4, 0.5) is 17.5 Å². The molecule has 2 aromatic rings. The van der Waals surface area contributed by atoms with Crippen molar-refractivity contribution >= 4 is 23.2 Å². The van der Waals surface area contributed by atoms with Crippen LogP contribution < -0.4 is 10.6 Å². The molecule has 21 heavy (non-hydrogen) atoms. The Morgan fingerprint density at radius 3 is 2.95 bits per heavy atom. The van der Waals surface area contributed by atoms with Crippen LogP contribution in [0.5, 0.6) is 0 Å². The molecule has 0 bridgehead atoms. The zero-order valence-electron chi connectivity index (χ0n) is 12.1. The van der Waals surface area contributed by atoms with Crippen molar-refractivity contribution < 1.29 is 9.53 Å². The van der Waals surface area contributed by atoms with Crippen LogP contribution in [-0.2, 0) is 4.74 Å². The first-order chi connectivity index (χ1) is 10.2. The zero-order chi connectivity index (χ0) is 15.1. The third-order valence-corrected chi connectivity index (χ3v) is 2.79. The Balaban J connectivity index is 2.07. The fraction of sp³-hybridized carbons (Fsp3) is 0.267. The van der Waals surface area contributed by atoms with Crippen LogP contribution in [0.2, 0.25) is 0 Å². The van der Waals surface area contributed by atoms with E-state index in [1.165, 1.54) is 0 Å². The van der Waals surface area contributed by atoms with Crippen LogP contribution in [0, 0.1) is 0 Å². The van der Waals surface area contributed by atoms with E-state index in [4.69, 9.17) is 4.74 Å². The summed E-state index contributed by atoms with van der Waals surface area (Å²) in [5.74, 6) is 1.22. The second kappa shape index (κ2) is 7.35. The van der Waals surface area contributed by atoms with Gasteiger partial charge in [-0.25, -0.2) is 4.98 Å². The standard InChI is InChI=1S/C15H18N4O2/c1-11(20)12-4-3-5-13(10-12)18-14-6-7-16-15(19-14)17-8-9-21-2/h3-7,10H,8-9H2,1-2H3,(H2,16,17,18,19). The summed E-state index contributed by atoms with van der Waals surface area (Å²) >= 11 is 0. The Morgan fingerprint density at radius 1 is 1.33 bits per heavy atom. The summed E-state index contributed by atoms with van der Waals surface area (Å²) in [4.78, 5) is 19.8. The van der Waals surface area contributed by atoms with E-state index in [-0.39, 0.29) is 5.78 Å². The summed E-state index contributed by atoms with van der Waals surface area (Å²) in [6.07, 6.45) is 1.67. The molecule has 0 spiro atoms. The topological polar surface area (TPSA) is 76.1 Å². The van der Waals surface area contributed by atoms with E-state index in [0.717, 1.165) is 5.69 Å². The molecular formula is C15H18N4O2. The minimum atomic E-state index is 0.0308. The van der Waals surface area contributed by atoms with E-state index >= 15 is 0 Å². The van der Waals surface area contributed by atoms with Gasteiger partial charge in [-0.15, -0.1) is 0 Å². The lowest BCUT2D eigenvalue weighted by Crippen LogP contribution is -2.10. The number of aromatic nitrogens is 2. The molecule has 0 atom stereocenters. The van der Waals surface area contributed by atoms with Gasteiger partial charge in [-0.3, -0.25) is 4.79 Å². The summed E-state index contributed by atoms with van der Waals surface area (Å²) in [7, 11) is 1.64. The van der Waals surface area contributed by atoms with Gasteiger partial charge < -0.3 is 15.4 Å². The van der Waals surface area contributed by atoms with Crippen LogP contribution in [0.3, 0.4) is 0 Å². The smallest absolute Gasteiger partial charge is 0.224 e. The van der Waals surface area contributed by atoms with Gasteiger partial charge in [0.05, 0.1) is 6.61 Å². The van der Waals surface area contributed by atoms with Crippen molar-refractivity contribution in [3.05, 3.63) is 42.1 Å². The first kappa shape index (κ1) is 14.9. The number of nitrogens with zero attached hydrogens (tertiary/aromatic N) is 2. The molecule has 0 unspecified atom stereocenters. The normalized spacial score (nSPS) is 10.2. The fourth-order valence-corrected chi connectivity index (χ4v) is 1.74. The molecule has 6 heteroatoms. The number of ether oxygens (including phenoxy) is 1. The first-order valence-corrected chi connectivity index (χ1v) is 6.63. The number of rotatable bonds is 7. The summed E-state index contributed by atoms with van der Waals surface area (Å²) in [5.41, 5.74) is 1.47. The van der Waals surface area contributed by atoms with Crippen molar-refractivity contribution in [2.75, 3.05) is 30.9 Å². The van der Waals surface area contributed by atoms with Crippen LogP contribution in [-0.4, -0.2) is 36.0 Å². The number of nitrogens with one attached hydrogen (secondary N) is 2. The summed E-state index contributed by atoms with van der Waals surface area (Å²) in [6, 6.07) is 9.06. The molecule has 2 N–H and O–H groups in total. The minimum Gasteiger partial charge on any atom is -0.383 e. The maximum atomic E-state index is 11.4. The lowest BCUT2D eigenvalue weighted by Gasteiger charge is -2.08. The Labute approximate surface area is 123 Å². The van der Waals surface area contributed by atoms with E-state index in [9.17, 15) is 4.79 Å². The molecule has 1 aromatic carbocycles. The molecule has 0 aliphatic heterocycles. The number of benzene rings is 1. The molecule has 1 aromatic heterocycles. The quantitative estimate of drug-likeness (QED) is 0.601. The Kier molecular flexibility index (Phi) is 5.22. The number of ketones is 1. The molecule has 1 heterocycles. The SMILES string of the molecule is COCCNc1nccc(Nc2cccc(C(C)=O)c2)n1. The van der Waals surface area contributed by atoms with Gasteiger partial charge in [0.1, 0.15) is 5.82 Å². The molecule has 0 fully saturated rings. The highest BCUT2D eigenvalue weighted by atomic mass is 16.5. The van der Waals surface area contributed by atoms with Crippen molar-refractivity contribution in [3.63, 3.8) is 0 Å². The number of carbonyl (C=O) groups excluding carboxylic acids is 1. The Morgan fingerprint density at radius 2 is 2.19 bits per heavy atom. The van der Waals surface area contributed by atoms with Gasteiger partial charge in [-0.2, -0.15) is 4.98 Å². The maximum absolute atomic E-state index is 11.4. The van der Waals surface area contributed by atoms with Gasteiger partial charge in [0.25, 0.3) is 0 Å². The molecular weight excluding hydrogens is 268 g/mol. The van der Waals surface area contributed by atoms with Gasteiger partial charge >= 0.3 is 0 Å². The lowest BCUT2D eigenvalue weighted by molar-refractivity contribution is 0.101. The summed E-state index contributed by atoms with van der Waals surface area (Å²) < 4.78 is 4.96. The number of anilines is 3. The number of Topliss-reactive ketones (excluding diaryl/α,β-unsaturated/α-hetero) is 1. The second-order valence-electron chi connectivity index (χ2n) is 4.45. The number of methoxy groups -OCH3 is 1. The van der Waals surface area contributed by atoms with E-state index in [0.29, 0.717) is 30.5 Å². The highest BCUT2D eigenvalue weighted by molar-refractivity contribution is 5.95. The van der Waals surface area contributed by atoms with Crippen molar-refractivity contribution in [3.8, 4) is 0 Å². The molecule has 0 radical (unpaired) electrons. The van der Waals surface area contributed by atoms with Crippen molar-refractivity contribution in [1.82, 2.24) is 9.97 Å². The van der Waals surface area contributed by atoms with Gasteiger partial charge in [-0.05, 0) is 25.1 Å². The Bertz CT molecular complexity index is 616. The average Bonchev–Trinajstić information content (AvgIpc) is 2.48. The van der Waals surface area contributed by atoms with Crippen LogP contribution in [0.15, 0.2) is 36.5 Å². The monoisotopic (exact) mass is 286 g/mol. The van der Waals surface area contributed by atoms with Gasteiger partial charge in [0.2, 0.25) is 5.95 Å². The lowest BCUT2D eigenvalue weighted by atomic mass is 10.1. The first-order valence-electron chi connectivity index (χ1n) is 6.63. The van der Waals surface area contributed by atoms with E-state index in [2.05, 4.69) is 20.6 Å². The summed E-state index contributed by atoms with van der Waals surface area (Å²) in [5, 5.41) is 6.22. The maximum Gasteiger partial charge on any atom is 0.224 e. The van der Waals surface area contributed by atoms with Gasteiger partial charge in [0.15, 0.2) is 5.78 Å². The van der Waals surface area contributed by atoms with Crippen molar-refractivity contribution in [1.29, 1.82) is 0 Å². The van der Waals surface area contributed by atoms with E-state index in [1.54, 1.807) is 38.4 Å². The highest BCUT2D eigenvalue weighted by Gasteiger charge is 2.03. The van der Waals surface area contributed by atoms with Crippen molar-refractivity contribution in [2.24, 2.45) is 0 Å². The molecule has 6 nitrogen and oxygen atoms in total. The number of hydrogen-bond donors (Lipinski definition) is 2. The average molecular weight is 286 g/mol. The molecule has 110 valence electrons. The molecule has 0 saturated heterocycles. The minimum absolute atomic E-state index is 0.0308. The molecule has 0 aliphatic carbocycles. The van der Waals surface area contributed by atoms with E-state index < -0.39 is 0 Å². The largest absolute Gasteiger partial charge is 0.383 e.